The summed E-state index contributed by atoms with van der Waals surface area (Å²) in [5.74, 6) is -1.84. The number of hydrogen-bond acceptors (Lipinski definition) is 3. The van der Waals surface area contributed by atoms with Gasteiger partial charge in [-0.1, -0.05) is 28.1 Å². The number of carbonyl (C=O) groups is 2. The Balaban J connectivity index is 2.02. The van der Waals surface area contributed by atoms with Gasteiger partial charge in [0.1, 0.15) is 5.92 Å². The Morgan fingerprint density at radius 1 is 1.33 bits per heavy atom. The Hall–Kier alpha value is -1.66. The van der Waals surface area contributed by atoms with Gasteiger partial charge in [0.2, 0.25) is 5.91 Å². The summed E-state index contributed by atoms with van der Waals surface area (Å²) in [6.45, 7) is 0.402. The SMILES string of the molecule is CN(C(=O)C=Cc1ccc(Br)cc1)C1COCC1C(=O)O. The Morgan fingerprint density at radius 2 is 2.00 bits per heavy atom. The second-order valence-corrected chi connectivity index (χ2v) is 5.80. The fourth-order valence-corrected chi connectivity index (χ4v) is 2.45. The van der Waals surface area contributed by atoms with E-state index in [9.17, 15) is 9.59 Å². The number of benzene rings is 1. The van der Waals surface area contributed by atoms with Gasteiger partial charge in [0, 0.05) is 17.6 Å². The molecule has 1 aromatic rings. The van der Waals surface area contributed by atoms with Crippen molar-refractivity contribution in [1.29, 1.82) is 0 Å². The van der Waals surface area contributed by atoms with E-state index in [1.807, 2.05) is 24.3 Å². The van der Waals surface area contributed by atoms with Gasteiger partial charge >= 0.3 is 5.97 Å². The van der Waals surface area contributed by atoms with Gasteiger partial charge in [0.05, 0.1) is 19.3 Å². The fraction of sp³-hybridized carbons (Fsp3) is 0.333. The van der Waals surface area contributed by atoms with Crippen LogP contribution in [0.5, 0.6) is 0 Å². The Bertz CT molecular complexity index is 555. The molecule has 0 bridgehead atoms. The van der Waals surface area contributed by atoms with E-state index < -0.39 is 17.9 Å². The van der Waals surface area contributed by atoms with Gasteiger partial charge in [-0.3, -0.25) is 9.59 Å². The van der Waals surface area contributed by atoms with Crippen LogP contribution in [0.15, 0.2) is 34.8 Å². The first-order valence-electron chi connectivity index (χ1n) is 6.50. The van der Waals surface area contributed by atoms with E-state index in [-0.39, 0.29) is 19.1 Å². The lowest BCUT2D eigenvalue weighted by Crippen LogP contribution is -2.43. The topological polar surface area (TPSA) is 66.8 Å². The molecular formula is C15H16BrNO4. The first-order chi connectivity index (χ1) is 9.99. The van der Waals surface area contributed by atoms with Crippen LogP contribution in [0.4, 0.5) is 0 Å². The summed E-state index contributed by atoms with van der Waals surface area (Å²) in [6.07, 6.45) is 3.15. The van der Waals surface area contributed by atoms with Crippen LogP contribution in [0, 0.1) is 5.92 Å². The van der Waals surface area contributed by atoms with E-state index in [1.165, 1.54) is 11.0 Å². The number of nitrogens with zero attached hydrogens (tertiary/aromatic N) is 1. The maximum absolute atomic E-state index is 12.1. The van der Waals surface area contributed by atoms with Crippen LogP contribution in [0.1, 0.15) is 5.56 Å². The molecule has 0 aliphatic carbocycles. The highest BCUT2D eigenvalue weighted by Crippen LogP contribution is 2.19. The van der Waals surface area contributed by atoms with E-state index in [1.54, 1.807) is 13.1 Å². The van der Waals surface area contributed by atoms with Crippen LogP contribution in [0.2, 0.25) is 0 Å². The molecule has 2 atom stereocenters. The van der Waals surface area contributed by atoms with Crippen LogP contribution >= 0.6 is 15.9 Å². The smallest absolute Gasteiger partial charge is 0.311 e. The van der Waals surface area contributed by atoms with Gasteiger partial charge in [0.25, 0.3) is 0 Å². The normalized spacial score (nSPS) is 21.6. The van der Waals surface area contributed by atoms with Crippen molar-refractivity contribution in [2.75, 3.05) is 20.3 Å². The molecule has 1 aromatic carbocycles. The highest BCUT2D eigenvalue weighted by atomic mass is 79.9. The fourth-order valence-electron chi connectivity index (χ4n) is 2.18. The van der Waals surface area contributed by atoms with Crippen LogP contribution < -0.4 is 0 Å². The highest BCUT2D eigenvalue weighted by Gasteiger charge is 2.37. The maximum Gasteiger partial charge on any atom is 0.311 e. The third-order valence-corrected chi connectivity index (χ3v) is 4.03. The number of amides is 1. The number of rotatable bonds is 4. The van der Waals surface area contributed by atoms with E-state index in [2.05, 4.69) is 15.9 Å². The minimum absolute atomic E-state index is 0.147. The average molecular weight is 354 g/mol. The number of hydrogen-bond donors (Lipinski definition) is 1. The van der Waals surface area contributed by atoms with Crippen molar-refractivity contribution < 1.29 is 19.4 Å². The minimum atomic E-state index is -0.936. The van der Waals surface area contributed by atoms with E-state index in [0.29, 0.717) is 0 Å². The first-order valence-corrected chi connectivity index (χ1v) is 7.29. The zero-order valence-electron chi connectivity index (χ0n) is 11.5. The van der Waals surface area contributed by atoms with Crippen molar-refractivity contribution >= 4 is 33.9 Å². The Kier molecular flexibility index (Phi) is 5.14. The predicted molar refractivity (Wildman–Crippen MR) is 81.7 cm³/mol. The highest BCUT2D eigenvalue weighted by molar-refractivity contribution is 9.10. The summed E-state index contributed by atoms with van der Waals surface area (Å²) in [5.41, 5.74) is 0.900. The van der Waals surface area contributed by atoms with Crippen molar-refractivity contribution in [2.24, 2.45) is 5.92 Å². The van der Waals surface area contributed by atoms with Gasteiger partial charge in [-0.15, -0.1) is 0 Å². The summed E-state index contributed by atoms with van der Waals surface area (Å²) in [6, 6.07) is 7.11. The first kappa shape index (κ1) is 15.7. The molecule has 0 radical (unpaired) electrons. The molecule has 21 heavy (non-hydrogen) atoms. The largest absolute Gasteiger partial charge is 0.481 e. The molecule has 5 nitrogen and oxygen atoms in total. The average Bonchev–Trinajstić information content (AvgIpc) is 2.95. The number of halogens is 1. The molecule has 1 N–H and O–H groups in total. The quantitative estimate of drug-likeness (QED) is 0.841. The standard InChI is InChI=1S/C15H16BrNO4/c1-17(13-9-21-8-12(13)15(19)20)14(18)7-4-10-2-5-11(16)6-3-10/h2-7,12-13H,8-9H2,1H3,(H,19,20). The number of carbonyl (C=O) groups excluding carboxylic acids is 1. The number of ether oxygens (including phenoxy) is 1. The molecule has 1 heterocycles. The molecule has 2 unspecified atom stereocenters. The van der Waals surface area contributed by atoms with Crippen LogP contribution in [-0.4, -0.2) is 48.2 Å². The van der Waals surface area contributed by atoms with E-state index in [4.69, 9.17) is 9.84 Å². The third kappa shape index (κ3) is 3.92. The number of likely N-dealkylation sites (N-methyl/N-ethyl adjacent to an activating group) is 1. The lowest BCUT2D eigenvalue weighted by atomic mass is 10.0. The molecule has 1 saturated heterocycles. The number of carboxylic acids is 1. The van der Waals surface area contributed by atoms with Crippen LogP contribution in [0.25, 0.3) is 6.08 Å². The number of aliphatic carboxylic acids is 1. The molecule has 6 heteroatoms. The summed E-state index contributed by atoms with van der Waals surface area (Å²) in [7, 11) is 1.60. The molecule has 1 aliphatic heterocycles. The summed E-state index contributed by atoms with van der Waals surface area (Å²) < 4.78 is 6.14. The monoisotopic (exact) mass is 353 g/mol. The summed E-state index contributed by atoms with van der Waals surface area (Å²) in [5, 5.41) is 9.11. The summed E-state index contributed by atoms with van der Waals surface area (Å²) in [4.78, 5) is 24.7. The van der Waals surface area contributed by atoms with Gasteiger partial charge < -0.3 is 14.7 Å². The third-order valence-electron chi connectivity index (χ3n) is 3.50. The lowest BCUT2D eigenvalue weighted by Gasteiger charge is -2.25. The maximum atomic E-state index is 12.1. The van der Waals surface area contributed by atoms with Crippen LogP contribution in [-0.2, 0) is 14.3 Å². The number of carboxylic acid groups (broad SMARTS) is 1. The molecule has 1 aliphatic rings. The zero-order valence-corrected chi connectivity index (χ0v) is 13.1. The molecular weight excluding hydrogens is 338 g/mol. The lowest BCUT2D eigenvalue weighted by molar-refractivity contribution is -0.143. The zero-order chi connectivity index (χ0) is 15.4. The van der Waals surface area contributed by atoms with Crippen LogP contribution in [0.3, 0.4) is 0 Å². The second kappa shape index (κ2) is 6.87. The molecule has 1 fully saturated rings. The van der Waals surface area contributed by atoms with Gasteiger partial charge in [-0.2, -0.15) is 0 Å². The Morgan fingerprint density at radius 3 is 2.62 bits per heavy atom. The van der Waals surface area contributed by atoms with Crippen molar-refractivity contribution in [2.45, 2.75) is 6.04 Å². The second-order valence-electron chi connectivity index (χ2n) is 4.88. The molecule has 0 spiro atoms. The van der Waals surface area contributed by atoms with Gasteiger partial charge in [-0.25, -0.2) is 0 Å². The van der Waals surface area contributed by atoms with Crippen molar-refractivity contribution in [3.05, 3.63) is 40.4 Å². The van der Waals surface area contributed by atoms with Crippen molar-refractivity contribution in [3.63, 3.8) is 0 Å². The van der Waals surface area contributed by atoms with Crippen molar-refractivity contribution in [3.8, 4) is 0 Å². The Labute approximate surface area is 131 Å². The molecule has 2 rings (SSSR count). The molecule has 1 amide bonds. The molecule has 112 valence electrons. The van der Waals surface area contributed by atoms with Crippen molar-refractivity contribution in [1.82, 2.24) is 4.90 Å². The molecule has 0 saturated carbocycles. The summed E-state index contributed by atoms with van der Waals surface area (Å²) >= 11 is 3.34. The minimum Gasteiger partial charge on any atom is -0.481 e. The molecule has 0 aromatic heterocycles. The van der Waals surface area contributed by atoms with Gasteiger partial charge in [-0.05, 0) is 23.8 Å². The van der Waals surface area contributed by atoms with Gasteiger partial charge in [0.15, 0.2) is 0 Å². The van der Waals surface area contributed by atoms with E-state index >= 15 is 0 Å². The van der Waals surface area contributed by atoms with E-state index in [0.717, 1.165) is 10.0 Å². The predicted octanol–water partition coefficient (Wildman–Crippen LogP) is 2.02.